The first-order valence-electron chi connectivity index (χ1n) is 12.2. The fourth-order valence-electron chi connectivity index (χ4n) is 4.25. The van der Waals surface area contributed by atoms with E-state index in [-0.39, 0.29) is 30.8 Å². The molecule has 0 bridgehead atoms. The van der Waals surface area contributed by atoms with Crippen LogP contribution in [0.3, 0.4) is 0 Å². The summed E-state index contributed by atoms with van der Waals surface area (Å²) in [5.41, 5.74) is 5.67. The van der Waals surface area contributed by atoms with E-state index in [2.05, 4.69) is 10.6 Å². The van der Waals surface area contributed by atoms with Crippen molar-refractivity contribution in [3.63, 3.8) is 0 Å². The first-order valence-corrected chi connectivity index (χ1v) is 12.2. The molecular weight excluding hydrogens is 452 g/mol. The van der Waals surface area contributed by atoms with Crippen LogP contribution in [0.4, 0.5) is 5.69 Å². The summed E-state index contributed by atoms with van der Waals surface area (Å²) in [6.07, 6.45) is 0. The number of aryl methyl sites for hydroxylation is 1. The molecule has 0 unspecified atom stereocenters. The molecule has 3 amide bonds. The Bertz CT molecular complexity index is 1220. The molecule has 0 spiro atoms. The normalized spacial score (nSPS) is 13.8. The highest BCUT2D eigenvalue weighted by atomic mass is 16.2. The third kappa shape index (κ3) is 6.37. The molecule has 1 fully saturated rings. The van der Waals surface area contributed by atoms with Crippen LogP contribution in [0.5, 0.6) is 0 Å². The number of anilines is 1. The zero-order valence-electron chi connectivity index (χ0n) is 20.8. The lowest BCUT2D eigenvalue weighted by Gasteiger charge is -2.34. The molecule has 4 rings (SSSR count). The van der Waals surface area contributed by atoms with E-state index in [1.807, 2.05) is 79.4 Å². The van der Waals surface area contributed by atoms with Gasteiger partial charge in [-0.3, -0.25) is 19.3 Å². The van der Waals surface area contributed by atoms with Crippen LogP contribution < -0.4 is 10.6 Å². The molecule has 7 nitrogen and oxygen atoms in total. The van der Waals surface area contributed by atoms with Crippen LogP contribution in [0.15, 0.2) is 72.8 Å². The van der Waals surface area contributed by atoms with Crippen molar-refractivity contribution in [3.05, 3.63) is 89.5 Å². The molecule has 3 aromatic rings. The number of benzene rings is 3. The van der Waals surface area contributed by atoms with Gasteiger partial charge in [-0.1, -0.05) is 54.6 Å². The average Bonchev–Trinajstić information content (AvgIpc) is 2.90. The number of piperazine rings is 1. The van der Waals surface area contributed by atoms with Crippen molar-refractivity contribution >= 4 is 23.4 Å². The summed E-state index contributed by atoms with van der Waals surface area (Å²) in [4.78, 5) is 41.4. The Balaban J connectivity index is 1.20. The molecule has 1 aliphatic rings. The number of carbonyl (C=O) groups is 3. The van der Waals surface area contributed by atoms with Crippen LogP contribution in [0, 0.1) is 13.8 Å². The average molecular weight is 485 g/mol. The van der Waals surface area contributed by atoms with Crippen LogP contribution in [-0.2, 0) is 9.59 Å². The van der Waals surface area contributed by atoms with Gasteiger partial charge in [0.2, 0.25) is 11.8 Å². The predicted molar refractivity (Wildman–Crippen MR) is 142 cm³/mol. The summed E-state index contributed by atoms with van der Waals surface area (Å²) in [6.45, 7) is 6.52. The lowest BCUT2D eigenvalue weighted by Crippen LogP contribution is -2.52. The van der Waals surface area contributed by atoms with Gasteiger partial charge in [0, 0.05) is 37.4 Å². The molecule has 186 valence electrons. The highest BCUT2D eigenvalue weighted by Gasteiger charge is 2.23. The molecule has 1 heterocycles. The molecule has 0 saturated carbocycles. The monoisotopic (exact) mass is 484 g/mol. The molecule has 0 aliphatic carbocycles. The van der Waals surface area contributed by atoms with Gasteiger partial charge < -0.3 is 15.5 Å². The fourth-order valence-corrected chi connectivity index (χ4v) is 4.25. The van der Waals surface area contributed by atoms with E-state index in [1.54, 1.807) is 17.0 Å². The van der Waals surface area contributed by atoms with Crippen molar-refractivity contribution in [1.29, 1.82) is 0 Å². The van der Waals surface area contributed by atoms with Crippen LogP contribution in [0.25, 0.3) is 11.1 Å². The zero-order chi connectivity index (χ0) is 25.5. The number of hydrogen-bond acceptors (Lipinski definition) is 4. The second-order valence-corrected chi connectivity index (χ2v) is 9.08. The number of amides is 3. The largest absolute Gasteiger partial charge is 0.343 e. The molecule has 1 saturated heterocycles. The Morgan fingerprint density at radius 2 is 1.44 bits per heavy atom. The van der Waals surface area contributed by atoms with Crippen molar-refractivity contribution in [2.24, 2.45) is 0 Å². The molecule has 0 aromatic heterocycles. The van der Waals surface area contributed by atoms with Crippen molar-refractivity contribution < 1.29 is 14.4 Å². The molecule has 7 heteroatoms. The number of nitrogens with zero attached hydrogens (tertiary/aromatic N) is 2. The summed E-state index contributed by atoms with van der Waals surface area (Å²) in [7, 11) is 0. The highest BCUT2D eigenvalue weighted by Crippen LogP contribution is 2.19. The third-order valence-electron chi connectivity index (χ3n) is 6.63. The van der Waals surface area contributed by atoms with E-state index in [1.165, 1.54) is 0 Å². The summed E-state index contributed by atoms with van der Waals surface area (Å²) in [5, 5.41) is 5.71. The summed E-state index contributed by atoms with van der Waals surface area (Å²) < 4.78 is 0. The van der Waals surface area contributed by atoms with Gasteiger partial charge in [0.05, 0.1) is 13.1 Å². The topological polar surface area (TPSA) is 81.8 Å². The van der Waals surface area contributed by atoms with Gasteiger partial charge in [-0.2, -0.15) is 0 Å². The Hall–Kier alpha value is -3.97. The standard InChI is InChI=1S/C29H32N4O3/c1-21-7-6-10-26(22(21)2)31-27(34)20-32-15-17-33(18-16-32)28(35)19-30-29(36)25-13-11-24(12-14-25)23-8-4-3-5-9-23/h3-14H,15-20H2,1-2H3,(H,30,36)(H,31,34). The molecule has 0 atom stereocenters. The Labute approximate surface area is 212 Å². The molecule has 0 radical (unpaired) electrons. The lowest BCUT2D eigenvalue weighted by molar-refractivity contribution is -0.132. The van der Waals surface area contributed by atoms with E-state index in [9.17, 15) is 14.4 Å². The van der Waals surface area contributed by atoms with Gasteiger partial charge in [0.15, 0.2) is 0 Å². The van der Waals surface area contributed by atoms with Crippen LogP contribution >= 0.6 is 0 Å². The minimum absolute atomic E-state index is 0.0492. The Morgan fingerprint density at radius 1 is 0.778 bits per heavy atom. The molecule has 36 heavy (non-hydrogen) atoms. The van der Waals surface area contributed by atoms with Crippen molar-refractivity contribution in [1.82, 2.24) is 15.1 Å². The highest BCUT2D eigenvalue weighted by molar-refractivity contribution is 5.97. The van der Waals surface area contributed by atoms with E-state index in [0.717, 1.165) is 27.9 Å². The van der Waals surface area contributed by atoms with Crippen LogP contribution in [-0.4, -0.2) is 66.8 Å². The van der Waals surface area contributed by atoms with Gasteiger partial charge in [0.1, 0.15) is 0 Å². The second kappa shape index (κ2) is 11.6. The predicted octanol–water partition coefficient (Wildman–Crippen LogP) is 3.48. The summed E-state index contributed by atoms with van der Waals surface area (Å²) >= 11 is 0. The van der Waals surface area contributed by atoms with Crippen LogP contribution in [0.2, 0.25) is 0 Å². The Kier molecular flexibility index (Phi) is 8.13. The number of nitrogens with one attached hydrogen (secondary N) is 2. The molecule has 2 N–H and O–H groups in total. The van der Waals surface area contributed by atoms with E-state index in [4.69, 9.17) is 0 Å². The van der Waals surface area contributed by atoms with Gasteiger partial charge in [-0.25, -0.2) is 0 Å². The minimum Gasteiger partial charge on any atom is -0.343 e. The number of carbonyl (C=O) groups excluding carboxylic acids is 3. The van der Waals surface area contributed by atoms with Crippen molar-refractivity contribution in [2.75, 3.05) is 44.6 Å². The number of hydrogen-bond donors (Lipinski definition) is 2. The first-order chi connectivity index (χ1) is 17.4. The van der Waals surface area contributed by atoms with Crippen molar-refractivity contribution in [2.45, 2.75) is 13.8 Å². The number of rotatable bonds is 7. The van der Waals surface area contributed by atoms with Gasteiger partial charge in [-0.05, 0) is 54.3 Å². The zero-order valence-corrected chi connectivity index (χ0v) is 20.8. The molecular formula is C29H32N4O3. The van der Waals surface area contributed by atoms with E-state index in [0.29, 0.717) is 31.7 Å². The smallest absolute Gasteiger partial charge is 0.251 e. The van der Waals surface area contributed by atoms with Crippen molar-refractivity contribution in [3.8, 4) is 11.1 Å². The maximum absolute atomic E-state index is 12.6. The maximum atomic E-state index is 12.6. The molecule has 3 aromatic carbocycles. The minimum atomic E-state index is -0.273. The summed E-state index contributed by atoms with van der Waals surface area (Å²) in [6, 6.07) is 23.2. The van der Waals surface area contributed by atoms with Gasteiger partial charge in [0.25, 0.3) is 5.91 Å². The SMILES string of the molecule is Cc1cccc(NC(=O)CN2CCN(C(=O)CNC(=O)c3ccc(-c4ccccc4)cc3)CC2)c1C. The maximum Gasteiger partial charge on any atom is 0.251 e. The van der Waals surface area contributed by atoms with Gasteiger partial charge >= 0.3 is 0 Å². The Morgan fingerprint density at radius 3 is 2.14 bits per heavy atom. The lowest BCUT2D eigenvalue weighted by atomic mass is 10.0. The van der Waals surface area contributed by atoms with Gasteiger partial charge in [-0.15, -0.1) is 0 Å². The van der Waals surface area contributed by atoms with Crippen LogP contribution in [0.1, 0.15) is 21.5 Å². The third-order valence-corrected chi connectivity index (χ3v) is 6.63. The quantitative estimate of drug-likeness (QED) is 0.538. The fraction of sp³-hybridized carbons (Fsp3) is 0.276. The summed E-state index contributed by atoms with van der Waals surface area (Å²) in [5.74, 6) is -0.456. The molecule has 1 aliphatic heterocycles. The first kappa shape index (κ1) is 25.1. The second-order valence-electron chi connectivity index (χ2n) is 9.08. The van der Waals surface area contributed by atoms with E-state index < -0.39 is 0 Å². The van der Waals surface area contributed by atoms with E-state index >= 15 is 0 Å².